The number of nitrogens with one attached hydrogen (secondary N) is 1. The van der Waals surface area contributed by atoms with Crippen LogP contribution in [-0.4, -0.2) is 117 Å². The van der Waals surface area contributed by atoms with Crippen molar-refractivity contribution in [3.05, 3.63) is 62.1 Å². The Morgan fingerprint density at radius 1 is 1.20 bits per heavy atom. The van der Waals surface area contributed by atoms with Crippen molar-refractivity contribution in [3.8, 4) is 5.75 Å². The molecule has 0 bridgehead atoms. The average molecular weight is 577 g/mol. The molecule has 1 aromatic rings. The van der Waals surface area contributed by atoms with Crippen LogP contribution < -0.4 is 5.32 Å². The third kappa shape index (κ3) is 4.60. The number of Topliss-reactive ketones (excluding diaryl/α,β-unsaturated/α-hetero) is 2. The zero-order chi connectivity index (χ0) is 30.5. The van der Waals surface area contributed by atoms with Gasteiger partial charge >= 0.3 is 0 Å². The van der Waals surface area contributed by atoms with Crippen molar-refractivity contribution < 1.29 is 49.8 Å². The van der Waals surface area contributed by atoms with Gasteiger partial charge in [-0.25, -0.2) is 0 Å². The minimum absolute atomic E-state index is 0.0155. The van der Waals surface area contributed by atoms with Gasteiger partial charge in [0.1, 0.15) is 29.4 Å². The van der Waals surface area contributed by atoms with Gasteiger partial charge in [-0.1, -0.05) is 19.1 Å². The molecule has 0 spiro atoms. The van der Waals surface area contributed by atoms with Crippen LogP contribution in [0.25, 0.3) is 0 Å². The summed E-state index contributed by atoms with van der Waals surface area (Å²) < 4.78 is 0. The number of carbonyl (C=O) groups is 3. The van der Waals surface area contributed by atoms with Gasteiger partial charge in [0.15, 0.2) is 11.4 Å². The quantitative estimate of drug-likeness (QED) is 0.0984. The molecule has 3 aliphatic rings. The monoisotopic (exact) mass is 576 g/mol. The maximum atomic E-state index is 13.8. The number of hydrogen-bond acceptors (Lipinski definition) is 13. The molecule has 0 aromatic heterocycles. The van der Waals surface area contributed by atoms with Gasteiger partial charge in [0.05, 0.1) is 30.3 Å². The summed E-state index contributed by atoms with van der Waals surface area (Å²) in [6.45, 7) is 1.12. The Kier molecular flexibility index (Phi) is 7.84. The Balaban J connectivity index is 1.77. The third-order valence-corrected chi connectivity index (χ3v) is 8.16. The Hall–Kier alpha value is -4.05. The second-order valence-corrected chi connectivity index (χ2v) is 10.7. The van der Waals surface area contributed by atoms with Gasteiger partial charge in [0.2, 0.25) is 5.78 Å². The second kappa shape index (κ2) is 10.7. The first kappa shape index (κ1) is 29.9. The standard InChI is InChI=1S/C26H32N4O11/c1-11-12-6-5-7-13(31)15(12)20(32)16-14(11)21(33)18-19(28(2)3)22(34)17(24(36)26(18,38)23(16)35)25(37)27-10-29(4)8-9-41-30(39)40/h5-7,11,14,18-19,21,31,33-35,38H,8-10H2,1-4H3,(H,27,37)/t11-,14+,18+,19-,21-,26-/m0/s1. The van der Waals surface area contributed by atoms with E-state index in [1.807, 2.05) is 0 Å². The van der Waals surface area contributed by atoms with E-state index in [9.17, 15) is 50.0 Å². The topological polar surface area (TPSA) is 223 Å². The summed E-state index contributed by atoms with van der Waals surface area (Å²) in [5.41, 5.74) is -4.08. The van der Waals surface area contributed by atoms with Gasteiger partial charge in [-0.05, 0) is 38.7 Å². The van der Waals surface area contributed by atoms with Crippen molar-refractivity contribution >= 4 is 17.5 Å². The lowest BCUT2D eigenvalue weighted by Crippen LogP contribution is -2.68. The minimum Gasteiger partial charge on any atom is -0.510 e. The van der Waals surface area contributed by atoms with E-state index in [0.29, 0.717) is 5.56 Å². The number of aromatic hydroxyl groups is 1. The van der Waals surface area contributed by atoms with Gasteiger partial charge in [0, 0.05) is 18.0 Å². The molecule has 6 atom stereocenters. The molecule has 3 aliphatic carbocycles. The molecule has 222 valence electrons. The van der Waals surface area contributed by atoms with E-state index in [1.54, 1.807) is 13.0 Å². The maximum absolute atomic E-state index is 13.8. The Labute approximate surface area is 234 Å². The SMILES string of the molecule is C[C@H]1c2cccc(O)c2C(=O)C2=C(O)[C@]3(O)C(=O)C(C(=O)NCN(C)CCO[N+](=O)[O-])=C(O)[C@@H](N(C)C)[C@@H]3[C@@H](O)[C@@H]21. The summed E-state index contributed by atoms with van der Waals surface area (Å²) in [5.74, 6) is -9.01. The predicted molar refractivity (Wildman–Crippen MR) is 139 cm³/mol. The van der Waals surface area contributed by atoms with Gasteiger partial charge in [0.25, 0.3) is 11.0 Å². The van der Waals surface area contributed by atoms with Crippen LogP contribution in [0.4, 0.5) is 0 Å². The second-order valence-electron chi connectivity index (χ2n) is 10.7. The highest BCUT2D eigenvalue weighted by Crippen LogP contribution is 2.55. The Morgan fingerprint density at radius 3 is 2.46 bits per heavy atom. The molecule has 0 unspecified atom stereocenters. The van der Waals surface area contributed by atoms with Crippen LogP contribution in [0, 0.1) is 22.0 Å². The molecule has 1 aromatic carbocycles. The Bertz CT molecular complexity index is 1370. The van der Waals surface area contributed by atoms with Gasteiger partial charge in [-0.2, -0.15) is 0 Å². The normalized spacial score (nSPS) is 29.3. The molecule has 15 heteroatoms. The van der Waals surface area contributed by atoms with Crippen LogP contribution in [0.3, 0.4) is 0 Å². The van der Waals surface area contributed by atoms with E-state index in [4.69, 9.17) is 0 Å². The molecular formula is C26H32N4O11. The van der Waals surface area contributed by atoms with Crippen LogP contribution in [0.15, 0.2) is 40.9 Å². The summed E-state index contributed by atoms with van der Waals surface area (Å²) in [5, 5.41) is 68.3. The first-order chi connectivity index (χ1) is 19.2. The number of rotatable bonds is 8. The number of likely N-dealkylation sites (N-methyl/N-ethyl adjacent to an activating group) is 2. The Morgan fingerprint density at radius 2 is 1.85 bits per heavy atom. The zero-order valence-electron chi connectivity index (χ0n) is 22.8. The molecule has 15 nitrogen and oxygen atoms in total. The molecule has 1 amide bonds. The van der Waals surface area contributed by atoms with Crippen molar-refractivity contribution in [2.75, 3.05) is 41.0 Å². The lowest BCUT2D eigenvalue weighted by molar-refractivity contribution is -0.757. The van der Waals surface area contributed by atoms with E-state index in [-0.39, 0.29) is 31.1 Å². The number of nitrogens with zero attached hydrogens (tertiary/aromatic N) is 3. The zero-order valence-corrected chi connectivity index (χ0v) is 22.8. The van der Waals surface area contributed by atoms with Crippen LogP contribution in [0.5, 0.6) is 5.75 Å². The molecule has 4 rings (SSSR count). The molecule has 0 radical (unpaired) electrons. The number of phenols is 1. The average Bonchev–Trinajstić information content (AvgIpc) is 2.89. The summed E-state index contributed by atoms with van der Waals surface area (Å²) in [6, 6.07) is 3.04. The van der Waals surface area contributed by atoms with E-state index in [2.05, 4.69) is 10.2 Å². The van der Waals surface area contributed by atoms with Gasteiger partial charge in [-0.15, -0.1) is 10.1 Å². The van der Waals surface area contributed by atoms with E-state index >= 15 is 0 Å². The van der Waals surface area contributed by atoms with Crippen LogP contribution in [-0.2, 0) is 14.4 Å². The largest absolute Gasteiger partial charge is 0.510 e. The number of fused-ring (bicyclic) bond motifs is 3. The molecule has 0 saturated heterocycles. The number of aliphatic hydroxyl groups excluding tert-OH is 3. The first-order valence-electron chi connectivity index (χ1n) is 12.7. The number of benzene rings is 1. The third-order valence-electron chi connectivity index (χ3n) is 8.16. The lowest BCUT2D eigenvalue weighted by atomic mass is 9.55. The van der Waals surface area contributed by atoms with Gasteiger partial charge in [-0.3, -0.25) is 24.2 Å². The minimum atomic E-state index is -2.98. The van der Waals surface area contributed by atoms with Crippen molar-refractivity contribution in [2.24, 2.45) is 11.8 Å². The van der Waals surface area contributed by atoms with Crippen molar-refractivity contribution in [3.63, 3.8) is 0 Å². The molecule has 0 fully saturated rings. The molecule has 0 heterocycles. The van der Waals surface area contributed by atoms with Crippen LogP contribution in [0.2, 0.25) is 0 Å². The van der Waals surface area contributed by atoms with Crippen molar-refractivity contribution in [2.45, 2.75) is 30.6 Å². The highest BCUT2D eigenvalue weighted by molar-refractivity contribution is 6.25. The highest BCUT2D eigenvalue weighted by atomic mass is 16.9. The van der Waals surface area contributed by atoms with Crippen molar-refractivity contribution in [1.82, 2.24) is 15.1 Å². The fourth-order valence-corrected chi connectivity index (χ4v) is 6.21. The molecule has 41 heavy (non-hydrogen) atoms. The summed E-state index contributed by atoms with van der Waals surface area (Å²) in [6.07, 6.45) is -1.66. The number of aliphatic hydroxyl groups is 4. The van der Waals surface area contributed by atoms with Crippen molar-refractivity contribution in [1.29, 1.82) is 0 Å². The number of ketones is 2. The van der Waals surface area contributed by atoms with Gasteiger partial charge < -0.3 is 35.7 Å². The molecule has 6 N–H and O–H groups in total. The molecule has 0 aliphatic heterocycles. The first-order valence-corrected chi connectivity index (χ1v) is 12.7. The van der Waals surface area contributed by atoms with Crippen LogP contribution in [0.1, 0.15) is 28.8 Å². The summed E-state index contributed by atoms with van der Waals surface area (Å²) >= 11 is 0. The fourth-order valence-electron chi connectivity index (χ4n) is 6.21. The predicted octanol–water partition coefficient (Wildman–Crippen LogP) is -0.619. The number of carbonyl (C=O) groups excluding carboxylic acids is 3. The van der Waals surface area contributed by atoms with E-state index in [0.717, 1.165) is 0 Å². The number of phenolic OH excluding ortho intramolecular Hbond substituents is 1. The number of amides is 1. The fraction of sp³-hybridized carbons (Fsp3) is 0.500. The van der Waals surface area contributed by atoms with E-state index in [1.165, 1.54) is 43.1 Å². The molecule has 0 saturated carbocycles. The smallest absolute Gasteiger partial charge is 0.294 e. The molecular weight excluding hydrogens is 544 g/mol. The lowest BCUT2D eigenvalue weighted by Gasteiger charge is -2.53. The summed E-state index contributed by atoms with van der Waals surface area (Å²) in [7, 11) is 4.44. The summed E-state index contributed by atoms with van der Waals surface area (Å²) in [4.78, 5) is 57.9. The van der Waals surface area contributed by atoms with E-state index < -0.39 is 80.7 Å². The maximum Gasteiger partial charge on any atom is 0.294 e. The number of hydrogen-bond donors (Lipinski definition) is 6. The highest BCUT2D eigenvalue weighted by Gasteiger charge is 2.67. The van der Waals surface area contributed by atoms with Crippen LogP contribution >= 0.6 is 0 Å².